The van der Waals surface area contributed by atoms with Crippen molar-refractivity contribution in [2.45, 2.75) is 0 Å². The summed E-state index contributed by atoms with van der Waals surface area (Å²) in [4.78, 5) is 14.6. The van der Waals surface area contributed by atoms with Crippen molar-refractivity contribution in [3.8, 4) is 0 Å². The van der Waals surface area contributed by atoms with Crippen LogP contribution in [-0.4, -0.2) is 55.7 Å². The molecule has 0 aromatic heterocycles. The third-order valence-electron chi connectivity index (χ3n) is 2.35. The molecule has 0 aromatic rings. The molecule has 0 spiro atoms. The van der Waals surface area contributed by atoms with E-state index in [-0.39, 0.29) is 6.03 Å². The summed E-state index contributed by atoms with van der Waals surface area (Å²) in [6, 6.07) is -0.345. The fourth-order valence-electron chi connectivity index (χ4n) is 1.50. The highest BCUT2D eigenvalue weighted by molar-refractivity contribution is 5.72. The molecule has 1 heterocycles. The second-order valence-electron chi connectivity index (χ2n) is 3.31. The zero-order valence-electron chi connectivity index (χ0n) is 8.53. The predicted octanol–water partition coefficient (Wildman–Crippen LogP) is -0.157. The van der Waals surface area contributed by atoms with E-state index in [2.05, 4.69) is 11.5 Å². The van der Waals surface area contributed by atoms with E-state index in [4.69, 9.17) is 10.5 Å². The van der Waals surface area contributed by atoms with Crippen LogP contribution in [0, 0.1) is 0 Å². The van der Waals surface area contributed by atoms with Gasteiger partial charge in [-0.25, -0.2) is 4.79 Å². The topological polar surface area (TPSA) is 58.8 Å². The quantitative estimate of drug-likeness (QED) is 0.687. The van der Waals surface area contributed by atoms with E-state index < -0.39 is 0 Å². The van der Waals surface area contributed by atoms with Gasteiger partial charge in [-0.05, 0) is 0 Å². The van der Waals surface area contributed by atoms with E-state index >= 15 is 0 Å². The summed E-state index contributed by atoms with van der Waals surface area (Å²) >= 11 is 0. The number of primary amides is 1. The van der Waals surface area contributed by atoms with Crippen molar-refractivity contribution in [2.75, 3.05) is 39.9 Å². The number of methoxy groups -OCH3 is 1. The Balaban J connectivity index is 2.35. The Bertz CT molecular complexity index is 222. The van der Waals surface area contributed by atoms with Crippen molar-refractivity contribution >= 4 is 6.03 Å². The van der Waals surface area contributed by atoms with E-state index in [0.29, 0.717) is 19.7 Å². The van der Waals surface area contributed by atoms with E-state index in [9.17, 15) is 4.79 Å². The number of hydrogen-bond acceptors (Lipinski definition) is 3. The Morgan fingerprint density at radius 1 is 1.36 bits per heavy atom. The predicted molar refractivity (Wildman–Crippen MR) is 53.7 cm³/mol. The van der Waals surface area contributed by atoms with Gasteiger partial charge < -0.3 is 20.3 Å². The number of rotatable bonds is 3. The first kappa shape index (κ1) is 10.8. The first-order valence-electron chi connectivity index (χ1n) is 4.61. The van der Waals surface area contributed by atoms with Crippen LogP contribution in [0.25, 0.3) is 0 Å². The fourth-order valence-corrected chi connectivity index (χ4v) is 1.50. The van der Waals surface area contributed by atoms with Gasteiger partial charge in [0.25, 0.3) is 0 Å². The maximum absolute atomic E-state index is 10.8. The standard InChI is InChI=1S/C9H17N3O2/c1-8(7-14-2)11-3-5-12(6-4-11)9(10)13/h1,3-7H2,2H3,(H2,10,13). The number of urea groups is 1. The fraction of sp³-hybridized carbons (Fsp3) is 0.667. The molecule has 80 valence electrons. The van der Waals surface area contributed by atoms with E-state index in [0.717, 1.165) is 18.8 Å². The van der Waals surface area contributed by atoms with Crippen molar-refractivity contribution in [1.82, 2.24) is 9.80 Å². The summed E-state index contributed by atoms with van der Waals surface area (Å²) in [7, 11) is 1.64. The number of piperazine rings is 1. The Kier molecular flexibility index (Phi) is 3.76. The molecular weight excluding hydrogens is 182 g/mol. The van der Waals surface area contributed by atoms with Crippen molar-refractivity contribution in [1.29, 1.82) is 0 Å². The van der Waals surface area contributed by atoms with Crippen LogP contribution in [-0.2, 0) is 4.74 Å². The third kappa shape index (κ3) is 2.63. The Morgan fingerprint density at radius 3 is 2.29 bits per heavy atom. The summed E-state index contributed by atoms with van der Waals surface area (Å²) in [6.45, 7) is 7.34. The molecule has 1 saturated heterocycles. The normalized spacial score (nSPS) is 16.9. The van der Waals surface area contributed by atoms with Gasteiger partial charge in [0, 0.05) is 39.0 Å². The summed E-state index contributed by atoms with van der Waals surface area (Å²) in [5, 5.41) is 0. The first-order chi connectivity index (χ1) is 6.65. The Morgan fingerprint density at radius 2 is 1.86 bits per heavy atom. The highest BCUT2D eigenvalue weighted by Gasteiger charge is 2.19. The lowest BCUT2D eigenvalue weighted by molar-refractivity contribution is 0.141. The molecule has 2 amide bonds. The van der Waals surface area contributed by atoms with Crippen molar-refractivity contribution in [2.24, 2.45) is 5.73 Å². The van der Waals surface area contributed by atoms with Gasteiger partial charge in [-0.1, -0.05) is 6.58 Å². The van der Waals surface area contributed by atoms with Gasteiger partial charge in [0.2, 0.25) is 0 Å². The van der Waals surface area contributed by atoms with Crippen LogP contribution in [0.15, 0.2) is 12.3 Å². The lowest BCUT2D eigenvalue weighted by Crippen LogP contribution is -2.50. The zero-order valence-corrected chi connectivity index (χ0v) is 8.53. The van der Waals surface area contributed by atoms with Gasteiger partial charge in [-0.3, -0.25) is 0 Å². The van der Waals surface area contributed by atoms with Crippen LogP contribution in [0.3, 0.4) is 0 Å². The molecule has 1 aliphatic rings. The van der Waals surface area contributed by atoms with Crippen LogP contribution >= 0.6 is 0 Å². The molecule has 0 aromatic carbocycles. The Labute approximate surface area is 84.1 Å². The van der Waals surface area contributed by atoms with Crippen LogP contribution in [0.4, 0.5) is 4.79 Å². The van der Waals surface area contributed by atoms with Gasteiger partial charge in [0.15, 0.2) is 0 Å². The minimum absolute atomic E-state index is 0.345. The maximum Gasteiger partial charge on any atom is 0.314 e. The molecule has 0 saturated carbocycles. The van der Waals surface area contributed by atoms with Crippen LogP contribution in [0.5, 0.6) is 0 Å². The minimum Gasteiger partial charge on any atom is -0.379 e. The SMILES string of the molecule is C=C(COC)N1CCN(C(N)=O)CC1. The van der Waals surface area contributed by atoms with E-state index in [1.54, 1.807) is 12.0 Å². The first-order valence-corrected chi connectivity index (χ1v) is 4.61. The lowest BCUT2D eigenvalue weighted by atomic mass is 10.3. The van der Waals surface area contributed by atoms with Crippen LogP contribution in [0.1, 0.15) is 0 Å². The molecule has 14 heavy (non-hydrogen) atoms. The highest BCUT2D eigenvalue weighted by atomic mass is 16.5. The number of hydrogen-bond donors (Lipinski definition) is 1. The number of carbonyl (C=O) groups excluding carboxylic acids is 1. The van der Waals surface area contributed by atoms with Crippen LogP contribution in [0.2, 0.25) is 0 Å². The van der Waals surface area contributed by atoms with Gasteiger partial charge in [0.05, 0.1) is 6.61 Å². The average molecular weight is 199 g/mol. The molecule has 0 atom stereocenters. The minimum atomic E-state index is -0.345. The molecule has 0 radical (unpaired) electrons. The summed E-state index contributed by atoms with van der Waals surface area (Å²) in [5.74, 6) is 0. The molecule has 1 aliphatic heterocycles. The van der Waals surface area contributed by atoms with Crippen molar-refractivity contribution in [3.05, 3.63) is 12.3 Å². The van der Waals surface area contributed by atoms with Crippen LogP contribution < -0.4 is 5.73 Å². The van der Waals surface area contributed by atoms with E-state index in [1.165, 1.54) is 0 Å². The number of ether oxygens (including phenoxy) is 1. The van der Waals surface area contributed by atoms with Gasteiger partial charge >= 0.3 is 6.03 Å². The summed E-state index contributed by atoms with van der Waals surface area (Å²) in [6.07, 6.45) is 0. The van der Waals surface area contributed by atoms with Gasteiger partial charge in [-0.2, -0.15) is 0 Å². The monoisotopic (exact) mass is 199 g/mol. The molecular formula is C9H17N3O2. The van der Waals surface area contributed by atoms with Crippen molar-refractivity contribution < 1.29 is 9.53 Å². The Hall–Kier alpha value is -1.23. The summed E-state index contributed by atoms with van der Waals surface area (Å²) < 4.78 is 4.98. The van der Waals surface area contributed by atoms with Gasteiger partial charge in [0.1, 0.15) is 0 Å². The zero-order chi connectivity index (χ0) is 10.6. The number of amides is 2. The molecule has 2 N–H and O–H groups in total. The molecule has 5 nitrogen and oxygen atoms in total. The smallest absolute Gasteiger partial charge is 0.314 e. The molecule has 5 heteroatoms. The summed E-state index contributed by atoms with van der Waals surface area (Å²) in [5.41, 5.74) is 6.12. The number of carbonyl (C=O) groups is 1. The number of nitrogens with two attached hydrogens (primary N) is 1. The molecule has 1 fully saturated rings. The molecule has 0 aliphatic carbocycles. The van der Waals surface area contributed by atoms with Gasteiger partial charge in [-0.15, -0.1) is 0 Å². The second kappa shape index (κ2) is 4.85. The molecule has 0 unspecified atom stereocenters. The highest BCUT2D eigenvalue weighted by Crippen LogP contribution is 2.07. The largest absolute Gasteiger partial charge is 0.379 e. The average Bonchev–Trinajstić information content (AvgIpc) is 2.18. The maximum atomic E-state index is 10.8. The van der Waals surface area contributed by atoms with Crippen molar-refractivity contribution in [3.63, 3.8) is 0 Å². The third-order valence-corrected chi connectivity index (χ3v) is 2.35. The number of nitrogens with zero attached hydrogens (tertiary/aromatic N) is 2. The molecule has 1 rings (SSSR count). The lowest BCUT2D eigenvalue weighted by Gasteiger charge is -2.35. The molecule has 0 bridgehead atoms. The second-order valence-corrected chi connectivity index (χ2v) is 3.31. The van der Waals surface area contributed by atoms with E-state index in [1.807, 2.05) is 0 Å².